The van der Waals surface area contributed by atoms with Gasteiger partial charge in [0.05, 0.1) is 5.41 Å². The van der Waals surface area contributed by atoms with Crippen LogP contribution in [0.15, 0.2) is 72.8 Å². The Morgan fingerprint density at radius 2 is 1.58 bits per heavy atom. The number of nitrogens with zero attached hydrogens (tertiary/aromatic N) is 1. The predicted octanol–water partition coefficient (Wildman–Crippen LogP) is 4.43. The number of benzene rings is 3. The standard InChI is InChI=1S/C27H28N2O2/c30-25-12-15-27(26(31)28-25,23-8-2-1-3-9-23)24-13-16-29(17-14-24)19-20-10-11-21-6-4-5-7-22(21)18-20/h1-11,18,24H,12-17,19H2,(H,28,30,31). The second-order valence-corrected chi connectivity index (χ2v) is 8.95. The second kappa shape index (κ2) is 8.27. The summed E-state index contributed by atoms with van der Waals surface area (Å²) in [4.78, 5) is 27.6. The second-order valence-electron chi connectivity index (χ2n) is 8.95. The Morgan fingerprint density at radius 1 is 0.871 bits per heavy atom. The fraction of sp³-hybridized carbons (Fsp3) is 0.333. The molecule has 3 aromatic carbocycles. The van der Waals surface area contributed by atoms with Gasteiger partial charge in [-0.3, -0.25) is 19.8 Å². The largest absolute Gasteiger partial charge is 0.299 e. The van der Waals surface area contributed by atoms with E-state index < -0.39 is 5.41 Å². The maximum atomic E-state index is 13.2. The highest BCUT2D eigenvalue weighted by Crippen LogP contribution is 2.44. The molecule has 0 aliphatic carbocycles. The van der Waals surface area contributed by atoms with Gasteiger partial charge >= 0.3 is 0 Å². The average Bonchev–Trinajstić information content (AvgIpc) is 2.81. The monoisotopic (exact) mass is 412 g/mol. The van der Waals surface area contributed by atoms with Crippen LogP contribution in [0.25, 0.3) is 10.8 Å². The lowest BCUT2D eigenvalue weighted by Crippen LogP contribution is -2.57. The van der Waals surface area contributed by atoms with Gasteiger partial charge in [0.15, 0.2) is 0 Å². The third kappa shape index (κ3) is 3.77. The van der Waals surface area contributed by atoms with Gasteiger partial charge in [0.2, 0.25) is 11.8 Å². The van der Waals surface area contributed by atoms with Crippen molar-refractivity contribution in [2.45, 2.75) is 37.6 Å². The third-order valence-electron chi connectivity index (χ3n) is 7.20. The van der Waals surface area contributed by atoms with Crippen LogP contribution in [-0.4, -0.2) is 29.8 Å². The first kappa shape index (κ1) is 20.0. The lowest BCUT2D eigenvalue weighted by atomic mass is 9.62. The van der Waals surface area contributed by atoms with Crippen molar-refractivity contribution in [2.75, 3.05) is 13.1 Å². The number of piperidine rings is 2. The molecule has 4 heteroatoms. The molecule has 1 unspecified atom stereocenters. The molecule has 0 bridgehead atoms. The first-order chi connectivity index (χ1) is 15.1. The quantitative estimate of drug-likeness (QED) is 0.645. The lowest BCUT2D eigenvalue weighted by molar-refractivity contribution is -0.140. The molecule has 3 aromatic rings. The number of imide groups is 1. The van der Waals surface area contributed by atoms with Crippen LogP contribution >= 0.6 is 0 Å². The summed E-state index contributed by atoms with van der Waals surface area (Å²) in [7, 11) is 0. The fourth-order valence-electron chi connectivity index (χ4n) is 5.54. The summed E-state index contributed by atoms with van der Waals surface area (Å²) in [6, 6.07) is 25.3. The van der Waals surface area contributed by atoms with Crippen molar-refractivity contribution in [3.05, 3.63) is 83.9 Å². The molecule has 1 N–H and O–H groups in total. The molecule has 2 heterocycles. The highest BCUT2D eigenvalue weighted by Gasteiger charge is 2.50. The average molecular weight is 413 g/mol. The third-order valence-corrected chi connectivity index (χ3v) is 7.20. The highest BCUT2D eigenvalue weighted by atomic mass is 16.2. The summed E-state index contributed by atoms with van der Waals surface area (Å²) in [6.07, 6.45) is 2.95. The van der Waals surface area contributed by atoms with Crippen LogP contribution in [0.5, 0.6) is 0 Å². The van der Waals surface area contributed by atoms with Crippen LogP contribution in [0.4, 0.5) is 0 Å². The lowest BCUT2D eigenvalue weighted by Gasteiger charge is -2.45. The van der Waals surface area contributed by atoms with Gasteiger partial charge in [0, 0.05) is 13.0 Å². The van der Waals surface area contributed by atoms with Gasteiger partial charge in [-0.25, -0.2) is 0 Å². The molecule has 2 aliphatic rings. The molecule has 2 saturated heterocycles. The van der Waals surface area contributed by atoms with Crippen LogP contribution in [-0.2, 0) is 21.5 Å². The van der Waals surface area contributed by atoms with E-state index in [0.717, 1.165) is 38.0 Å². The normalized spacial score (nSPS) is 23.1. The molecular formula is C27H28N2O2. The summed E-state index contributed by atoms with van der Waals surface area (Å²) in [5.74, 6) is -0.0101. The summed E-state index contributed by atoms with van der Waals surface area (Å²) >= 11 is 0. The Kier molecular flexibility index (Phi) is 5.33. The molecule has 0 radical (unpaired) electrons. The Bertz CT molecular complexity index is 1100. The van der Waals surface area contributed by atoms with E-state index in [4.69, 9.17) is 0 Å². The van der Waals surface area contributed by atoms with Crippen LogP contribution in [0.3, 0.4) is 0 Å². The number of hydrogen-bond donors (Lipinski definition) is 1. The van der Waals surface area contributed by atoms with Crippen LogP contribution in [0.2, 0.25) is 0 Å². The van der Waals surface area contributed by atoms with E-state index in [1.165, 1.54) is 16.3 Å². The maximum Gasteiger partial charge on any atom is 0.237 e. The van der Waals surface area contributed by atoms with Crippen LogP contribution in [0.1, 0.15) is 36.8 Å². The molecule has 5 rings (SSSR count). The number of carbonyl (C=O) groups is 2. The topological polar surface area (TPSA) is 49.4 Å². The van der Waals surface area contributed by atoms with Gasteiger partial charge in [-0.1, -0.05) is 66.7 Å². The SMILES string of the molecule is O=C1CCC(c2ccccc2)(C2CCN(Cc3ccc4ccccc4c3)CC2)C(=O)N1. The van der Waals surface area contributed by atoms with Crippen molar-refractivity contribution in [3.8, 4) is 0 Å². The van der Waals surface area contributed by atoms with E-state index in [2.05, 4.69) is 64.8 Å². The first-order valence-corrected chi connectivity index (χ1v) is 11.2. The molecule has 2 aliphatic heterocycles. The zero-order valence-electron chi connectivity index (χ0n) is 17.7. The van der Waals surface area contributed by atoms with E-state index in [1.54, 1.807) is 0 Å². The van der Waals surface area contributed by atoms with Crippen molar-refractivity contribution in [3.63, 3.8) is 0 Å². The summed E-state index contributed by atoms with van der Waals surface area (Å²) in [6.45, 7) is 2.86. The van der Waals surface area contributed by atoms with Gasteiger partial charge in [-0.05, 0) is 66.2 Å². The molecule has 2 fully saturated rings. The maximum absolute atomic E-state index is 13.2. The van der Waals surface area contributed by atoms with E-state index in [9.17, 15) is 9.59 Å². The summed E-state index contributed by atoms with van der Waals surface area (Å²) in [5, 5.41) is 5.19. The Balaban J connectivity index is 1.33. The van der Waals surface area contributed by atoms with E-state index in [-0.39, 0.29) is 17.7 Å². The molecule has 158 valence electrons. The molecule has 0 spiro atoms. The molecule has 0 aromatic heterocycles. The van der Waals surface area contributed by atoms with Crippen molar-refractivity contribution in [1.82, 2.24) is 10.2 Å². The number of rotatable bonds is 4. The number of amides is 2. The smallest absolute Gasteiger partial charge is 0.237 e. The number of hydrogen-bond acceptors (Lipinski definition) is 3. The van der Waals surface area contributed by atoms with Gasteiger partial charge in [-0.2, -0.15) is 0 Å². The number of carbonyl (C=O) groups excluding carboxylic acids is 2. The van der Waals surface area contributed by atoms with Gasteiger partial charge in [0.25, 0.3) is 0 Å². The van der Waals surface area contributed by atoms with Gasteiger partial charge < -0.3 is 0 Å². The van der Waals surface area contributed by atoms with E-state index >= 15 is 0 Å². The molecule has 2 amide bonds. The number of fused-ring (bicyclic) bond motifs is 1. The predicted molar refractivity (Wildman–Crippen MR) is 122 cm³/mol. The Labute approximate surface area is 183 Å². The molecule has 1 atom stereocenters. The van der Waals surface area contributed by atoms with Crippen molar-refractivity contribution >= 4 is 22.6 Å². The van der Waals surface area contributed by atoms with Crippen molar-refractivity contribution < 1.29 is 9.59 Å². The highest BCUT2D eigenvalue weighted by molar-refractivity contribution is 6.03. The zero-order valence-corrected chi connectivity index (χ0v) is 17.7. The Hall–Kier alpha value is -2.98. The summed E-state index contributed by atoms with van der Waals surface area (Å²) in [5.41, 5.74) is 1.79. The van der Waals surface area contributed by atoms with Crippen molar-refractivity contribution in [1.29, 1.82) is 0 Å². The van der Waals surface area contributed by atoms with E-state index in [1.807, 2.05) is 18.2 Å². The fourth-order valence-corrected chi connectivity index (χ4v) is 5.54. The molecule has 31 heavy (non-hydrogen) atoms. The molecule has 0 saturated carbocycles. The molecule has 4 nitrogen and oxygen atoms in total. The number of likely N-dealkylation sites (tertiary alicyclic amines) is 1. The number of nitrogens with one attached hydrogen (secondary N) is 1. The van der Waals surface area contributed by atoms with Crippen LogP contribution in [0, 0.1) is 5.92 Å². The first-order valence-electron chi connectivity index (χ1n) is 11.2. The Morgan fingerprint density at radius 3 is 2.32 bits per heavy atom. The summed E-state index contributed by atoms with van der Waals surface area (Å²) < 4.78 is 0. The minimum atomic E-state index is -0.593. The van der Waals surface area contributed by atoms with Crippen LogP contribution < -0.4 is 5.32 Å². The zero-order chi connectivity index (χ0) is 21.3. The van der Waals surface area contributed by atoms with E-state index in [0.29, 0.717) is 12.8 Å². The minimum absolute atomic E-state index is 0.108. The van der Waals surface area contributed by atoms with Crippen molar-refractivity contribution in [2.24, 2.45) is 5.92 Å². The molecular weight excluding hydrogens is 384 g/mol. The van der Waals surface area contributed by atoms with Gasteiger partial charge in [0.1, 0.15) is 0 Å². The minimum Gasteiger partial charge on any atom is -0.299 e. The van der Waals surface area contributed by atoms with Gasteiger partial charge in [-0.15, -0.1) is 0 Å².